The van der Waals surface area contributed by atoms with Crippen LogP contribution in [0.15, 0.2) is 9.05 Å². The van der Waals surface area contributed by atoms with Crippen molar-refractivity contribution in [3.05, 3.63) is 23.4 Å². The van der Waals surface area contributed by atoms with E-state index in [4.69, 9.17) is 9.05 Å². The lowest BCUT2D eigenvalue weighted by Crippen LogP contribution is -2.10. The Balaban J connectivity index is 1.44. The van der Waals surface area contributed by atoms with Gasteiger partial charge in [-0.25, -0.2) is 8.42 Å². The Kier molecular flexibility index (Phi) is 2.84. The number of hydrogen-bond acceptors (Lipinski definition) is 8. The van der Waals surface area contributed by atoms with E-state index in [0.29, 0.717) is 23.6 Å². The second-order valence-corrected chi connectivity index (χ2v) is 7.74. The zero-order chi connectivity index (χ0) is 14.4. The third kappa shape index (κ3) is 2.97. The molecule has 0 atom stereocenters. The molecular formula is C12H14N4O4S. The molecule has 8 nitrogen and oxygen atoms in total. The van der Waals surface area contributed by atoms with Crippen LogP contribution in [0.2, 0.25) is 0 Å². The first-order valence-corrected chi connectivity index (χ1v) is 8.76. The quantitative estimate of drug-likeness (QED) is 0.785. The van der Waals surface area contributed by atoms with Gasteiger partial charge in [0.1, 0.15) is 11.5 Å². The molecule has 0 bridgehead atoms. The zero-order valence-corrected chi connectivity index (χ0v) is 12.0. The van der Waals surface area contributed by atoms with E-state index in [9.17, 15) is 8.42 Å². The average Bonchev–Trinajstić information content (AvgIpc) is 3.35. The van der Waals surface area contributed by atoms with Gasteiger partial charge in [-0.1, -0.05) is 10.3 Å². The summed E-state index contributed by atoms with van der Waals surface area (Å²) in [6.45, 7) is 0. The molecule has 2 saturated carbocycles. The maximum atomic E-state index is 12.1. The molecule has 2 fully saturated rings. The molecule has 0 saturated heterocycles. The van der Waals surface area contributed by atoms with Crippen molar-refractivity contribution in [3.8, 4) is 0 Å². The van der Waals surface area contributed by atoms with E-state index in [1.54, 1.807) is 0 Å². The third-order valence-electron chi connectivity index (χ3n) is 3.52. The van der Waals surface area contributed by atoms with E-state index in [2.05, 4.69) is 20.3 Å². The van der Waals surface area contributed by atoms with Gasteiger partial charge in [0.2, 0.25) is 11.8 Å². The van der Waals surface area contributed by atoms with E-state index in [0.717, 1.165) is 25.7 Å². The van der Waals surface area contributed by atoms with Crippen molar-refractivity contribution in [2.24, 2.45) is 0 Å². The fraction of sp³-hybridized carbons (Fsp3) is 0.667. The topological polar surface area (TPSA) is 112 Å². The molecule has 0 N–H and O–H groups in total. The molecule has 9 heteroatoms. The molecule has 2 aliphatic rings. The van der Waals surface area contributed by atoms with E-state index >= 15 is 0 Å². The maximum absolute atomic E-state index is 12.1. The smallest absolute Gasteiger partial charge is 0.229 e. The average molecular weight is 310 g/mol. The summed E-state index contributed by atoms with van der Waals surface area (Å²) >= 11 is 0. The van der Waals surface area contributed by atoms with Crippen molar-refractivity contribution in [3.63, 3.8) is 0 Å². The molecule has 2 aromatic rings. The lowest BCUT2D eigenvalue weighted by atomic mass is 10.4. The summed E-state index contributed by atoms with van der Waals surface area (Å²) in [5.41, 5.74) is 0. The third-order valence-corrected chi connectivity index (χ3v) is 4.91. The Morgan fingerprint density at radius 3 is 1.67 bits per heavy atom. The first-order chi connectivity index (χ1) is 10.1. The van der Waals surface area contributed by atoms with Gasteiger partial charge in [0.25, 0.3) is 0 Å². The molecule has 0 aromatic carbocycles. The predicted molar refractivity (Wildman–Crippen MR) is 68.9 cm³/mol. The lowest BCUT2D eigenvalue weighted by Gasteiger charge is -1.96. The second-order valence-electron chi connectivity index (χ2n) is 5.68. The van der Waals surface area contributed by atoms with Crippen LogP contribution in [0.5, 0.6) is 0 Å². The van der Waals surface area contributed by atoms with E-state index in [1.807, 2.05) is 0 Å². The van der Waals surface area contributed by atoms with Gasteiger partial charge in [-0.3, -0.25) is 0 Å². The summed E-state index contributed by atoms with van der Waals surface area (Å²) < 4.78 is 34.3. The SMILES string of the molecule is O=S(=O)(Cc1noc(C2CC2)n1)Cc1noc(C2CC2)n1. The number of sulfone groups is 1. The molecule has 21 heavy (non-hydrogen) atoms. The minimum atomic E-state index is -3.44. The Morgan fingerprint density at radius 2 is 1.29 bits per heavy atom. The van der Waals surface area contributed by atoms with Crippen LogP contribution in [-0.4, -0.2) is 28.7 Å². The van der Waals surface area contributed by atoms with Gasteiger partial charge < -0.3 is 9.05 Å². The molecule has 0 radical (unpaired) electrons. The molecule has 2 aliphatic carbocycles. The largest absolute Gasteiger partial charge is 0.339 e. The van der Waals surface area contributed by atoms with Crippen LogP contribution < -0.4 is 0 Å². The fourth-order valence-corrected chi connectivity index (χ4v) is 3.21. The molecule has 4 rings (SSSR count). The second kappa shape index (κ2) is 4.62. The van der Waals surface area contributed by atoms with Gasteiger partial charge >= 0.3 is 0 Å². The molecule has 0 unspecified atom stereocenters. The van der Waals surface area contributed by atoms with E-state index in [-0.39, 0.29) is 23.2 Å². The number of rotatable bonds is 6. The monoisotopic (exact) mass is 310 g/mol. The summed E-state index contributed by atoms with van der Waals surface area (Å²) in [6, 6.07) is 0. The van der Waals surface area contributed by atoms with Gasteiger partial charge in [-0.2, -0.15) is 9.97 Å². The van der Waals surface area contributed by atoms with Crippen LogP contribution >= 0.6 is 0 Å². The van der Waals surface area contributed by atoms with Crippen molar-refractivity contribution in [2.75, 3.05) is 0 Å². The Morgan fingerprint density at radius 1 is 0.857 bits per heavy atom. The van der Waals surface area contributed by atoms with Gasteiger partial charge in [0.15, 0.2) is 21.5 Å². The van der Waals surface area contributed by atoms with Crippen LogP contribution in [0.3, 0.4) is 0 Å². The highest BCUT2D eigenvalue weighted by Crippen LogP contribution is 2.39. The van der Waals surface area contributed by atoms with Crippen LogP contribution in [0.4, 0.5) is 0 Å². The lowest BCUT2D eigenvalue weighted by molar-refractivity contribution is 0.374. The summed E-state index contributed by atoms with van der Waals surface area (Å²) in [5, 5.41) is 7.44. The highest BCUT2D eigenvalue weighted by atomic mass is 32.2. The van der Waals surface area contributed by atoms with Crippen molar-refractivity contribution in [1.82, 2.24) is 20.3 Å². The minimum absolute atomic E-state index is 0.197. The highest BCUT2D eigenvalue weighted by molar-refractivity contribution is 7.89. The van der Waals surface area contributed by atoms with Crippen molar-refractivity contribution in [1.29, 1.82) is 0 Å². The summed E-state index contributed by atoms with van der Waals surface area (Å²) in [4.78, 5) is 8.24. The molecule has 2 heterocycles. The molecule has 0 spiro atoms. The minimum Gasteiger partial charge on any atom is -0.339 e. The Hall–Kier alpha value is -1.77. The molecule has 0 amide bonds. The summed E-state index contributed by atoms with van der Waals surface area (Å²) in [5.74, 6) is 1.56. The number of nitrogens with zero attached hydrogens (tertiary/aromatic N) is 4. The molecular weight excluding hydrogens is 296 g/mol. The van der Waals surface area contributed by atoms with Crippen LogP contribution in [0.25, 0.3) is 0 Å². The molecule has 112 valence electrons. The van der Waals surface area contributed by atoms with Crippen molar-refractivity contribution < 1.29 is 17.5 Å². The van der Waals surface area contributed by atoms with Gasteiger partial charge in [-0.05, 0) is 25.7 Å². The Labute approximate surface area is 120 Å². The van der Waals surface area contributed by atoms with Gasteiger partial charge in [0.05, 0.1) is 0 Å². The van der Waals surface area contributed by atoms with Gasteiger partial charge in [0, 0.05) is 11.8 Å². The van der Waals surface area contributed by atoms with Crippen LogP contribution in [0.1, 0.15) is 60.9 Å². The number of aromatic nitrogens is 4. The first kappa shape index (κ1) is 12.9. The molecule has 0 aliphatic heterocycles. The Bertz CT molecular complexity index is 700. The fourth-order valence-electron chi connectivity index (χ4n) is 2.09. The standard InChI is InChI=1S/C12H14N4O4S/c17-21(18,5-9-13-11(19-15-9)7-1-2-7)6-10-14-12(20-16-10)8-3-4-8/h7-8H,1-6H2. The van der Waals surface area contributed by atoms with Crippen LogP contribution in [0, 0.1) is 0 Å². The normalized spacial score (nSPS) is 19.0. The zero-order valence-electron chi connectivity index (χ0n) is 11.2. The summed E-state index contributed by atoms with van der Waals surface area (Å²) in [6.07, 6.45) is 4.12. The van der Waals surface area contributed by atoms with E-state index < -0.39 is 9.84 Å². The molecule has 2 aromatic heterocycles. The van der Waals surface area contributed by atoms with Crippen LogP contribution in [-0.2, 0) is 21.3 Å². The predicted octanol–water partition coefficient (Wildman–Crippen LogP) is 1.32. The van der Waals surface area contributed by atoms with Gasteiger partial charge in [-0.15, -0.1) is 0 Å². The number of hydrogen-bond donors (Lipinski definition) is 0. The van der Waals surface area contributed by atoms with E-state index in [1.165, 1.54) is 0 Å². The summed E-state index contributed by atoms with van der Waals surface area (Å²) in [7, 11) is -3.44. The van der Waals surface area contributed by atoms with Crippen molar-refractivity contribution >= 4 is 9.84 Å². The maximum Gasteiger partial charge on any atom is 0.229 e. The van der Waals surface area contributed by atoms with Crippen molar-refractivity contribution in [2.45, 2.75) is 49.0 Å². The highest BCUT2D eigenvalue weighted by Gasteiger charge is 2.32. The first-order valence-electron chi connectivity index (χ1n) is 6.94.